The molecule has 0 saturated heterocycles. The van der Waals surface area contributed by atoms with Crippen molar-refractivity contribution >= 4 is 11.6 Å². The van der Waals surface area contributed by atoms with Gasteiger partial charge in [0.15, 0.2) is 5.82 Å². The van der Waals surface area contributed by atoms with E-state index in [1.54, 1.807) is 11.9 Å². The molecule has 2 aromatic rings. The standard InChI is InChI=1S/C15H19N5O/c1-10-17-14(19-18-10)9-20(2)15(21)12-5-3-7-13-11(12)6-4-8-16-13/h3,5,7,16H,4,6,8-9H2,1-2H3,(H,17,18,19). The maximum Gasteiger partial charge on any atom is 0.254 e. The molecule has 1 aromatic carbocycles. The number of H-pyrrole nitrogens is 1. The average Bonchev–Trinajstić information content (AvgIpc) is 2.91. The number of benzene rings is 1. The second-order valence-corrected chi connectivity index (χ2v) is 5.36. The second kappa shape index (κ2) is 5.55. The Kier molecular flexibility index (Phi) is 3.60. The summed E-state index contributed by atoms with van der Waals surface area (Å²) in [6, 6.07) is 5.85. The highest BCUT2D eigenvalue weighted by Gasteiger charge is 2.20. The molecule has 0 saturated carbocycles. The lowest BCUT2D eigenvalue weighted by Crippen LogP contribution is -2.28. The first kappa shape index (κ1) is 13.6. The molecule has 0 radical (unpaired) electrons. The van der Waals surface area contributed by atoms with Crippen LogP contribution in [0.5, 0.6) is 0 Å². The summed E-state index contributed by atoms with van der Waals surface area (Å²) in [5.41, 5.74) is 2.97. The molecule has 110 valence electrons. The van der Waals surface area contributed by atoms with Crippen molar-refractivity contribution in [3.05, 3.63) is 41.0 Å². The van der Waals surface area contributed by atoms with Crippen LogP contribution in [0.25, 0.3) is 0 Å². The van der Waals surface area contributed by atoms with Crippen LogP contribution in [-0.4, -0.2) is 39.6 Å². The number of carbonyl (C=O) groups excluding carboxylic acids is 1. The fraction of sp³-hybridized carbons (Fsp3) is 0.400. The lowest BCUT2D eigenvalue weighted by molar-refractivity contribution is 0.0780. The number of rotatable bonds is 3. The van der Waals surface area contributed by atoms with Crippen molar-refractivity contribution in [1.29, 1.82) is 0 Å². The van der Waals surface area contributed by atoms with Crippen molar-refractivity contribution in [3.63, 3.8) is 0 Å². The molecule has 21 heavy (non-hydrogen) atoms. The number of hydrogen-bond donors (Lipinski definition) is 2. The van der Waals surface area contributed by atoms with Gasteiger partial charge in [0.05, 0.1) is 6.54 Å². The molecule has 1 aliphatic heterocycles. The fourth-order valence-corrected chi connectivity index (χ4v) is 2.66. The van der Waals surface area contributed by atoms with E-state index < -0.39 is 0 Å². The number of aromatic amines is 1. The van der Waals surface area contributed by atoms with E-state index in [9.17, 15) is 4.79 Å². The van der Waals surface area contributed by atoms with Crippen LogP contribution in [0.2, 0.25) is 0 Å². The molecule has 1 amide bonds. The van der Waals surface area contributed by atoms with E-state index >= 15 is 0 Å². The summed E-state index contributed by atoms with van der Waals surface area (Å²) in [5, 5.41) is 10.2. The first-order valence-corrected chi connectivity index (χ1v) is 7.14. The zero-order valence-corrected chi connectivity index (χ0v) is 12.3. The molecule has 2 heterocycles. The minimum atomic E-state index is 0.0120. The van der Waals surface area contributed by atoms with Gasteiger partial charge in [-0.2, -0.15) is 5.10 Å². The monoisotopic (exact) mass is 285 g/mol. The maximum absolute atomic E-state index is 12.7. The molecule has 6 heteroatoms. The first-order chi connectivity index (χ1) is 10.1. The minimum Gasteiger partial charge on any atom is -0.385 e. The van der Waals surface area contributed by atoms with Crippen molar-refractivity contribution in [3.8, 4) is 0 Å². The Balaban J connectivity index is 1.81. The SMILES string of the molecule is Cc1nc(CN(C)C(=O)c2cccc3c2CCCN3)n[nH]1. The number of hydrogen-bond acceptors (Lipinski definition) is 4. The molecule has 0 spiro atoms. The van der Waals surface area contributed by atoms with Gasteiger partial charge in [0.1, 0.15) is 5.82 Å². The maximum atomic E-state index is 12.7. The largest absolute Gasteiger partial charge is 0.385 e. The molecule has 0 unspecified atom stereocenters. The van der Waals surface area contributed by atoms with Gasteiger partial charge in [-0.25, -0.2) is 4.98 Å². The van der Waals surface area contributed by atoms with Gasteiger partial charge in [0.2, 0.25) is 0 Å². The van der Waals surface area contributed by atoms with Crippen molar-refractivity contribution in [2.45, 2.75) is 26.3 Å². The van der Waals surface area contributed by atoms with Crippen LogP contribution in [0.3, 0.4) is 0 Å². The van der Waals surface area contributed by atoms with Crippen LogP contribution in [-0.2, 0) is 13.0 Å². The van der Waals surface area contributed by atoms with Gasteiger partial charge < -0.3 is 10.2 Å². The fourth-order valence-electron chi connectivity index (χ4n) is 2.66. The summed E-state index contributed by atoms with van der Waals surface area (Å²) in [4.78, 5) is 18.6. The lowest BCUT2D eigenvalue weighted by Gasteiger charge is -2.23. The third-order valence-electron chi connectivity index (χ3n) is 3.69. The van der Waals surface area contributed by atoms with Crippen LogP contribution in [0, 0.1) is 6.92 Å². The van der Waals surface area contributed by atoms with Crippen LogP contribution < -0.4 is 5.32 Å². The summed E-state index contributed by atoms with van der Waals surface area (Å²) < 4.78 is 0. The quantitative estimate of drug-likeness (QED) is 0.901. The normalized spacial score (nSPS) is 13.4. The van der Waals surface area contributed by atoms with Crippen LogP contribution in [0.4, 0.5) is 5.69 Å². The van der Waals surface area contributed by atoms with Crippen LogP contribution in [0.15, 0.2) is 18.2 Å². The molecular weight excluding hydrogens is 266 g/mol. The van der Waals surface area contributed by atoms with Gasteiger partial charge in [-0.3, -0.25) is 9.89 Å². The van der Waals surface area contributed by atoms with E-state index in [1.165, 1.54) is 0 Å². The minimum absolute atomic E-state index is 0.0120. The smallest absolute Gasteiger partial charge is 0.254 e. The molecule has 0 bridgehead atoms. The molecule has 1 aliphatic rings. The van der Waals surface area contributed by atoms with E-state index in [-0.39, 0.29) is 5.91 Å². The summed E-state index contributed by atoms with van der Waals surface area (Å²) in [6.07, 6.45) is 2.00. The Hall–Kier alpha value is -2.37. The van der Waals surface area contributed by atoms with Gasteiger partial charge in [0, 0.05) is 24.8 Å². The van der Waals surface area contributed by atoms with Gasteiger partial charge in [-0.05, 0) is 37.5 Å². The predicted molar refractivity (Wildman–Crippen MR) is 80.2 cm³/mol. The van der Waals surface area contributed by atoms with Gasteiger partial charge in [0.25, 0.3) is 5.91 Å². The molecule has 0 aliphatic carbocycles. The van der Waals surface area contributed by atoms with Crippen LogP contribution >= 0.6 is 0 Å². The van der Waals surface area contributed by atoms with Crippen molar-refractivity contribution in [1.82, 2.24) is 20.1 Å². The lowest BCUT2D eigenvalue weighted by atomic mass is 9.97. The highest BCUT2D eigenvalue weighted by atomic mass is 16.2. The highest BCUT2D eigenvalue weighted by Crippen LogP contribution is 2.26. The molecule has 6 nitrogen and oxygen atoms in total. The zero-order chi connectivity index (χ0) is 14.8. The molecule has 0 fully saturated rings. The predicted octanol–water partition coefficient (Wildman–Crippen LogP) is 1.74. The number of fused-ring (bicyclic) bond motifs is 1. The summed E-state index contributed by atoms with van der Waals surface area (Å²) in [5.74, 6) is 1.40. The van der Waals surface area contributed by atoms with E-state index in [1.807, 2.05) is 25.1 Å². The second-order valence-electron chi connectivity index (χ2n) is 5.36. The molecule has 1 aromatic heterocycles. The zero-order valence-electron chi connectivity index (χ0n) is 12.3. The van der Waals surface area contributed by atoms with Gasteiger partial charge in [-0.1, -0.05) is 6.07 Å². The van der Waals surface area contributed by atoms with Crippen molar-refractivity contribution < 1.29 is 4.79 Å². The summed E-state index contributed by atoms with van der Waals surface area (Å²) in [7, 11) is 1.78. The Bertz CT molecular complexity index is 664. The summed E-state index contributed by atoms with van der Waals surface area (Å²) >= 11 is 0. The Morgan fingerprint density at radius 3 is 3.05 bits per heavy atom. The van der Waals surface area contributed by atoms with E-state index in [0.29, 0.717) is 12.4 Å². The first-order valence-electron chi connectivity index (χ1n) is 7.14. The Morgan fingerprint density at radius 1 is 1.43 bits per heavy atom. The van der Waals surface area contributed by atoms with E-state index in [4.69, 9.17) is 0 Å². The number of carbonyl (C=O) groups is 1. The van der Waals surface area contributed by atoms with Crippen LogP contribution in [0.1, 0.15) is 34.0 Å². The molecule has 2 N–H and O–H groups in total. The number of nitrogens with zero attached hydrogens (tertiary/aromatic N) is 3. The van der Waals surface area contributed by atoms with E-state index in [0.717, 1.165) is 42.0 Å². The topological polar surface area (TPSA) is 73.9 Å². The van der Waals surface area contributed by atoms with Gasteiger partial charge >= 0.3 is 0 Å². The summed E-state index contributed by atoms with van der Waals surface area (Å²) in [6.45, 7) is 3.22. The van der Waals surface area contributed by atoms with Crippen molar-refractivity contribution in [2.24, 2.45) is 0 Å². The van der Waals surface area contributed by atoms with Gasteiger partial charge in [-0.15, -0.1) is 0 Å². The highest BCUT2D eigenvalue weighted by molar-refractivity contribution is 5.97. The molecule has 3 rings (SSSR count). The number of nitrogens with one attached hydrogen (secondary N) is 2. The number of aryl methyl sites for hydroxylation is 1. The number of amides is 1. The Morgan fingerprint density at radius 2 is 2.29 bits per heavy atom. The van der Waals surface area contributed by atoms with E-state index in [2.05, 4.69) is 20.5 Å². The van der Waals surface area contributed by atoms with Crippen molar-refractivity contribution in [2.75, 3.05) is 18.9 Å². The number of anilines is 1. The third kappa shape index (κ3) is 2.74. The number of aromatic nitrogens is 3. The average molecular weight is 285 g/mol. The molecular formula is C15H19N5O. The molecule has 0 atom stereocenters. The Labute approximate surface area is 123 Å². The third-order valence-corrected chi connectivity index (χ3v) is 3.69.